The van der Waals surface area contributed by atoms with Crippen LogP contribution in [0.4, 0.5) is 4.39 Å². The lowest BCUT2D eigenvalue weighted by atomic mass is 9.87. The highest BCUT2D eigenvalue weighted by atomic mass is 19.1. The molecule has 3 aliphatic heterocycles. The van der Waals surface area contributed by atoms with Crippen molar-refractivity contribution < 1.29 is 28.5 Å². The number of aliphatic hydroxyl groups excluding tert-OH is 1. The molecular weight excluding hydrogens is 541 g/mol. The molecule has 3 fully saturated rings. The average Bonchev–Trinajstić information content (AvgIpc) is 3.41. The summed E-state index contributed by atoms with van der Waals surface area (Å²) in [5.74, 6) is -0.178. The molecule has 3 saturated heterocycles. The Balaban J connectivity index is 1.40. The van der Waals surface area contributed by atoms with Gasteiger partial charge in [0.1, 0.15) is 18.0 Å². The SMILES string of the molecule is CC(O)C(=O)N1CC(Oc2nc(C3CCOCC3)c(-c3cncc(F)c3)c3cc4cnn(C5CCCCO5)c4cc23)C1. The van der Waals surface area contributed by atoms with Gasteiger partial charge in [-0.1, -0.05) is 0 Å². The van der Waals surface area contributed by atoms with Crippen molar-refractivity contribution in [2.45, 2.75) is 63.4 Å². The van der Waals surface area contributed by atoms with Gasteiger partial charge in [0.2, 0.25) is 5.88 Å². The molecule has 3 aliphatic rings. The Morgan fingerprint density at radius 3 is 2.64 bits per heavy atom. The summed E-state index contributed by atoms with van der Waals surface area (Å²) in [7, 11) is 0. The van der Waals surface area contributed by atoms with Crippen molar-refractivity contribution >= 4 is 27.6 Å². The third kappa shape index (κ3) is 4.99. The maximum absolute atomic E-state index is 14.5. The van der Waals surface area contributed by atoms with Gasteiger partial charge in [0.15, 0.2) is 6.23 Å². The van der Waals surface area contributed by atoms with Gasteiger partial charge in [0.05, 0.1) is 36.7 Å². The number of carbonyl (C=O) groups is 1. The summed E-state index contributed by atoms with van der Waals surface area (Å²) in [6.45, 7) is 4.14. The predicted molar refractivity (Wildman–Crippen MR) is 153 cm³/mol. The first-order valence-electron chi connectivity index (χ1n) is 14.7. The van der Waals surface area contributed by atoms with E-state index in [-0.39, 0.29) is 24.2 Å². The quantitative estimate of drug-likeness (QED) is 0.361. The highest BCUT2D eigenvalue weighted by Gasteiger charge is 2.35. The monoisotopic (exact) mass is 575 g/mol. The number of halogens is 1. The molecule has 1 N–H and O–H groups in total. The van der Waals surface area contributed by atoms with Crippen LogP contribution in [0.25, 0.3) is 32.8 Å². The third-order valence-corrected chi connectivity index (χ3v) is 8.54. The van der Waals surface area contributed by atoms with E-state index in [4.69, 9.17) is 24.3 Å². The van der Waals surface area contributed by atoms with E-state index in [0.29, 0.717) is 44.4 Å². The first kappa shape index (κ1) is 27.2. The highest BCUT2D eigenvalue weighted by molar-refractivity contribution is 6.06. The molecule has 4 aromatic rings. The molecule has 0 saturated carbocycles. The van der Waals surface area contributed by atoms with E-state index in [9.17, 15) is 14.3 Å². The fraction of sp³-hybridized carbons (Fsp3) is 0.484. The summed E-state index contributed by atoms with van der Waals surface area (Å²) >= 11 is 0. The van der Waals surface area contributed by atoms with Gasteiger partial charge in [-0.2, -0.15) is 5.10 Å². The van der Waals surface area contributed by atoms with Crippen LogP contribution in [0.3, 0.4) is 0 Å². The van der Waals surface area contributed by atoms with Crippen LogP contribution in [0.15, 0.2) is 36.8 Å². The number of hydrogen-bond donors (Lipinski definition) is 1. The number of carbonyl (C=O) groups excluding carboxylic acids is 1. The van der Waals surface area contributed by atoms with Crippen molar-refractivity contribution in [1.29, 1.82) is 0 Å². The predicted octanol–water partition coefficient (Wildman–Crippen LogP) is 4.35. The number of pyridine rings is 2. The molecule has 220 valence electrons. The lowest BCUT2D eigenvalue weighted by Gasteiger charge is -2.39. The van der Waals surface area contributed by atoms with Crippen molar-refractivity contribution in [1.82, 2.24) is 24.6 Å². The minimum absolute atomic E-state index is 0.0903. The number of ether oxygens (including phenoxy) is 3. The van der Waals surface area contributed by atoms with Gasteiger partial charge in [-0.05, 0) is 62.6 Å². The van der Waals surface area contributed by atoms with E-state index in [2.05, 4.69) is 11.1 Å². The van der Waals surface area contributed by atoms with Crippen LogP contribution in [-0.2, 0) is 14.3 Å². The fourth-order valence-corrected chi connectivity index (χ4v) is 6.31. The number of amides is 1. The molecule has 0 spiro atoms. The van der Waals surface area contributed by atoms with Crippen LogP contribution in [0.2, 0.25) is 0 Å². The number of likely N-dealkylation sites (tertiary alicyclic amines) is 1. The normalized spacial score (nSPS) is 21.0. The van der Waals surface area contributed by atoms with Gasteiger partial charge >= 0.3 is 0 Å². The second-order valence-electron chi connectivity index (χ2n) is 11.5. The van der Waals surface area contributed by atoms with E-state index < -0.39 is 11.9 Å². The van der Waals surface area contributed by atoms with Gasteiger partial charge in [-0.25, -0.2) is 14.1 Å². The van der Waals surface area contributed by atoms with E-state index in [1.165, 1.54) is 19.2 Å². The molecule has 0 bridgehead atoms. The van der Waals surface area contributed by atoms with Crippen molar-refractivity contribution in [3.05, 3.63) is 48.3 Å². The maximum atomic E-state index is 14.5. The Morgan fingerprint density at radius 2 is 1.90 bits per heavy atom. The molecule has 1 aromatic carbocycles. The molecule has 2 atom stereocenters. The summed E-state index contributed by atoms with van der Waals surface area (Å²) in [6.07, 6.45) is 7.82. The topological polar surface area (TPSA) is 112 Å². The molecule has 42 heavy (non-hydrogen) atoms. The summed E-state index contributed by atoms with van der Waals surface area (Å²) in [4.78, 5) is 23.2. The molecule has 11 heteroatoms. The van der Waals surface area contributed by atoms with Crippen LogP contribution in [0.5, 0.6) is 5.88 Å². The van der Waals surface area contributed by atoms with Crippen LogP contribution in [-0.4, -0.2) is 80.8 Å². The number of rotatable bonds is 6. The van der Waals surface area contributed by atoms with Crippen molar-refractivity contribution in [2.75, 3.05) is 32.9 Å². The van der Waals surface area contributed by atoms with Gasteiger partial charge < -0.3 is 24.2 Å². The van der Waals surface area contributed by atoms with E-state index in [0.717, 1.165) is 65.0 Å². The summed E-state index contributed by atoms with van der Waals surface area (Å²) in [6, 6.07) is 5.62. The number of aliphatic hydroxyl groups is 1. The minimum Gasteiger partial charge on any atom is -0.470 e. The molecule has 1 amide bonds. The number of hydrogen-bond acceptors (Lipinski definition) is 8. The zero-order valence-electron chi connectivity index (χ0n) is 23.5. The summed E-state index contributed by atoms with van der Waals surface area (Å²) < 4.78 is 34.7. The van der Waals surface area contributed by atoms with Crippen LogP contribution < -0.4 is 4.74 Å². The first-order chi connectivity index (χ1) is 20.5. The van der Waals surface area contributed by atoms with E-state index >= 15 is 0 Å². The Hall–Kier alpha value is -3.67. The lowest BCUT2D eigenvalue weighted by molar-refractivity contribution is -0.148. The van der Waals surface area contributed by atoms with Gasteiger partial charge in [0, 0.05) is 53.8 Å². The van der Waals surface area contributed by atoms with Crippen LogP contribution in [0, 0.1) is 5.82 Å². The fourth-order valence-electron chi connectivity index (χ4n) is 6.31. The Labute approximate surface area is 242 Å². The van der Waals surface area contributed by atoms with Gasteiger partial charge in [-0.15, -0.1) is 0 Å². The first-order valence-corrected chi connectivity index (χ1v) is 14.7. The number of benzene rings is 1. The summed E-state index contributed by atoms with van der Waals surface area (Å²) in [5.41, 5.74) is 3.22. The molecular formula is C31H34FN5O5. The van der Waals surface area contributed by atoms with Crippen LogP contribution in [0.1, 0.15) is 56.9 Å². The number of aromatic nitrogens is 4. The Morgan fingerprint density at radius 1 is 1.07 bits per heavy atom. The maximum Gasteiger partial charge on any atom is 0.251 e. The number of nitrogens with zero attached hydrogens (tertiary/aromatic N) is 5. The Bertz CT molecular complexity index is 1620. The minimum atomic E-state index is -1.06. The molecule has 0 radical (unpaired) electrons. The third-order valence-electron chi connectivity index (χ3n) is 8.54. The second kappa shape index (κ2) is 11.2. The largest absolute Gasteiger partial charge is 0.470 e. The zero-order valence-corrected chi connectivity index (χ0v) is 23.5. The molecule has 7 rings (SSSR count). The second-order valence-corrected chi connectivity index (χ2v) is 11.5. The van der Waals surface area contributed by atoms with Crippen LogP contribution >= 0.6 is 0 Å². The zero-order chi connectivity index (χ0) is 28.8. The van der Waals surface area contributed by atoms with Crippen molar-refractivity contribution in [3.8, 4) is 17.0 Å². The number of fused-ring (bicyclic) bond motifs is 2. The van der Waals surface area contributed by atoms with Crippen molar-refractivity contribution in [2.24, 2.45) is 0 Å². The van der Waals surface area contributed by atoms with Gasteiger partial charge in [0.25, 0.3) is 5.91 Å². The average molecular weight is 576 g/mol. The van der Waals surface area contributed by atoms with Gasteiger partial charge in [-0.3, -0.25) is 9.78 Å². The Kier molecular flexibility index (Phi) is 7.25. The molecule has 6 heterocycles. The van der Waals surface area contributed by atoms with E-state index in [1.807, 2.05) is 16.9 Å². The van der Waals surface area contributed by atoms with Crippen molar-refractivity contribution in [3.63, 3.8) is 0 Å². The standard InChI is InChI=1S/C31H34FN5O5/c1-18(38)31(39)36-16-23(17-36)42-30-25-12-26-20(14-34-37(26)27-4-2-3-7-41-27)11-24(25)28(21-10-22(32)15-33-13-21)29(35-30)19-5-8-40-9-6-19/h10-15,18-19,23,27,38H,2-9,16-17H2,1H3. The molecule has 2 unspecified atom stereocenters. The molecule has 10 nitrogen and oxygen atoms in total. The summed E-state index contributed by atoms with van der Waals surface area (Å²) in [5, 5.41) is 17.0. The smallest absolute Gasteiger partial charge is 0.251 e. The highest BCUT2D eigenvalue weighted by Crippen LogP contribution is 2.43. The lowest BCUT2D eigenvalue weighted by Crippen LogP contribution is -2.58. The molecule has 3 aromatic heterocycles. The van der Waals surface area contributed by atoms with E-state index in [1.54, 1.807) is 11.1 Å². The molecule has 0 aliphatic carbocycles.